The van der Waals surface area contributed by atoms with Crippen LogP contribution in [-0.4, -0.2) is 43.4 Å². The number of aromatic nitrogens is 4. The second kappa shape index (κ2) is 11.2. The molecule has 0 aliphatic heterocycles. The van der Waals surface area contributed by atoms with Crippen LogP contribution in [-0.2, 0) is 4.79 Å². The summed E-state index contributed by atoms with van der Waals surface area (Å²) in [5, 5.41) is 18.5. The highest BCUT2D eigenvalue weighted by Crippen LogP contribution is 2.22. The Hall–Kier alpha value is -3.73. The van der Waals surface area contributed by atoms with Crippen LogP contribution in [0.3, 0.4) is 0 Å². The molecule has 3 aromatic rings. The molecule has 0 fully saturated rings. The molecule has 0 saturated carbocycles. The van der Waals surface area contributed by atoms with Crippen LogP contribution >= 0.6 is 0 Å². The Morgan fingerprint density at radius 2 is 1.85 bits per heavy atom. The molecular formula is C22H29N7O4. The van der Waals surface area contributed by atoms with Gasteiger partial charge in [0, 0.05) is 24.7 Å². The molecule has 0 aromatic carbocycles. The minimum Gasteiger partial charge on any atom is -0.458 e. The van der Waals surface area contributed by atoms with Crippen LogP contribution in [0.2, 0.25) is 0 Å². The first-order valence-electron chi connectivity index (χ1n) is 10.8. The highest BCUT2D eigenvalue weighted by atomic mass is 16.5. The van der Waals surface area contributed by atoms with E-state index >= 15 is 0 Å². The number of furan rings is 1. The van der Waals surface area contributed by atoms with Gasteiger partial charge < -0.3 is 9.73 Å². The largest absolute Gasteiger partial charge is 0.458 e. The van der Waals surface area contributed by atoms with Crippen molar-refractivity contribution in [3.63, 3.8) is 0 Å². The fourth-order valence-corrected chi connectivity index (χ4v) is 3.32. The van der Waals surface area contributed by atoms with Gasteiger partial charge in [0.15, 0.2) is 17.4 Å². The lowest BCUT2D eigenvalue weighted by atomic mass is 10.1. The summed E-state index contributed by atoms with van der Waals surface area (Å²) in [7, 11) is 0. The van der Waals surface area contributed by atoms with E-state index in [9.17, 15) is 9.59 Å². The maximum atomic E-state index is 12.4. The molecule has 0 atom stereocenters. The smallest absolute Gasteiger partial charge is 0.320 e. The second-order valence-corrected chi connectivity index (χ2v) is 7.76. The molecule has 3 rings (SSSR count). The van der Waals surface area contributed by atoms with E-state index < -0.39 is 0 Å². The number of nitrogens with one attached hydrogen (secondary N) is 3. The third-order valence-electron chi connectivity index (χ3n) is 4.88. The van der Waals surface area contributed by atoms with Crippen molar-refractivity contribution >= 4 is 17.8 Å². The SMILES string of the molecule is Cc1cc(C)n(-c2cc(NC(=O)NCCCCCCC(=O)NO)nc(-c3ccc(C)o3)n2)n1. The van der Waals surface area contributed by atoms with Gasteiger partial charge in [-0.25, -0.2) is 24.9 Å². The van der Waals surface area contributed by atoms with E-state index in [4.69, 9.17) is 9.62 Å². The van der Waals surface area contributed by atoms with E-state index in [1.165, 1.54) is 0 Å². The monoisotopic (exact) mass is 455 g/mol. The fraction of sp³-hybridized carbons (Fsp3) is 0.409. The molecule has 0 unspecified atom stereocenters. The standard InChI is InChI=1S/C22H29N7O4/c1-14-12-15(2)29(27-14)19-13-18(24-21(26-19)17-10-9-16(3)33-17)25-22(31)23-11-7-5-4-6-8-20(30)28-32/h9-10,12-13,32H,4-8,11H2,1-3H3,(H,28,30)(H2,23,24,25,26,31). The van der Waals surface area contributed by atoms with Gasteiger partial charge in [-0.1, -0.05) is 12.8 Å². The Morgan fingerprint density at radius 3 is 2.52 bits per heavy atom. The quantitative estimate of drug-likeness (QED) is 0.208. The van der Waals surface area contributed by atoms with Gasteiger partial charge in [-0.05, 0) is 51.8 Å². The minimum atomic E-state index is -0.388. The summed E-state index contributed by atoms with van der Waals surface area (Å²) in [6.07, 6.45) is 3.43. The number of rotatable bonds is 10. The molecule has 0 radical (unpaired) electrons. The second-order valence-electron chi connectivity index (χ2n) is 7.76. The van der Waals surface area contributed by atoms with Crippen LogP contribution in [0.4, 0.5) is 10.6 Å². The van der Waals surface area contributed by atoms with Crippen molar-refractivity contribution in [1.29, 1.82) is 0 Å². The highest BCUT2D eigenvalue weighted by molar-refractivity contribution is 5.88. The summed E-state index contributed by atoms with van der Waals surface area (Å²) in [5.74, 6) is 2.02. The Balaban J connectivity index is 1.63. The minimum absolute atomic E-state index is 0.285. The summed E-state index contributed by atoms with van der Waals surface area (Å²) in [6, 6.07) is 6.82. The van der Waals surface area contributed by atoms with Crippen molar-refractivity contribution in [2.24, 2.45) is 0 Å². The fourth-order valence-electron chi connectivity index (χ4n) is 3.32. The Kier molecular flexibility index (Phi) is 8.14. The summed E-state index contributed by atoms with van der Waals surface area (Å²) in [6.45, 7) is 6.14. The van der Waals surface area contributed by atoms with Crippen molar-refractivity contribution in [1.82, 2.24) is 30.5 Å². The van der Waals surface area contributed by atoms with Gasteiger partial charge in [-0.2, -0.15) is 5.10 Å². The number of urea groups is 1. The van der Waals surface area contributed by atoms with E-state index in [1.54, 1.807) is 22.3 Å². The number of hydroxylamine groups is 1. The summed E-state index contributed by atoms with van der Waals surface area (Å²) >= 11 is 0. The molecule has 0 spiro atoms. The molecule has 3 heterocycles. The maximum absolute atomic E-state index is 12.4. The number of carbonyl (C=O) groups excluding carboxylic acids is 2. The maximum Gasteiger partial charge on any atom is 0.320 e. The predicted octanol–water partition coefficient (Wildman–Crippen LogP) is 3.42. The number of hydrogen-bond acceptors (Lipinski definition) is 7. The normalized spacial score (nSPS) is 10.8. The number of amides is 3. The number of aryl methyl sites for hydroxylation is 3. The van der Waals surface area contributed by atoms with Crippen LogP contribution in [0, 0.1) is 20.8 Å². The molecule has 11 heteroatoms. The van der Waals surface area contributed by atoms with Gasteiger partial charge in [0.05, 0.1) is 5.69 Å². The molecule has 176 valence electrons. The molecule has 3 amide bonds. The number of unbranched alkanes of at least 4 members (excludes halogenated alkanes) is 3. The van der Waals surface area contributed by atoms with Crippen LogP contribution in [0.15, 0.2) is 28.7 Å². The molecule has 0 aliphatic rings. The van der Waals surface area contributed by atoms with Crippen molar-refractivity contribution in [3.8, 4) is 17.4 Å². The molecular weight excluding hydrogens is 426 g/mol. The summed E-state index contributed by atoms with van der Waals surface area (Å²) in [4.78, 5) is 32.4. The third-order valence-corrected chi connectivity index (χ3v) is 4.88. The first kappa shape index (κ1) is 23.9. The molecule has 11 nitrogen and oxygen atoms in total. The van der Waals surface area contributed by atoms with Crippen LogP contribution in [0.25, 0.3) is 17.4 Å². The van der Waals surface area contributed by atoms with Crippen molar-refractivity contribution < 1.29 is 19.2 Å². The summed E-state index contributed by atoms with van der Waals surface area (Å²) in [5.41, 5.74) is 3.37. The van der Waals surface area contributed by atoms with E-state index in [0.717, 1.165) is 36.4 Å². The zero-order chi connectivity index (χ0) is 23.8. The Morgan fingerprint density at radius 1 is 1.06 bits per heavy atom. The lowest BCUT2D eigenvalue weighted by Crippen LogP contribution is -2.30. The Labute approximate surface area is 191 Å². The average Bonchev–Trinajstić information content (AvgIpc) is 3.37. The van der Waals surface area contributed by atoms with E-state index in [0.29, 0.717) is 36.2 Å². The van der Waals surface area contributed by atoms with Crippen molar-refractivity contribution in [2.45, 2.75) is 52.9 Å². The first-order chi connectivity index (χ1) is 15.9. The average molecular weight is 456 g/mol. The topological polar surface area (TPSA) is 147 Å². The molecule has 4 N–H and O–H groups in total. The van der Waals surface area contributed by atoms with Crippen LogP contribution in [0.5, 0.6) is 0 Å². The van der Waals surface area contributed by atoms with Gasteiger partial charge in [0.25, 0.3) is 0 Å². The Bertz CT molecular complexity index is 1110. The van der Waals surface area contributed by atoms with Gasteiger partial charge in [-0.3, -0.25) is 15.3 Å². The van der Waals surface area contributed by atoms with E-state index in [-0.39, 0.29) is 18.4 Å². The van der Waals surface area contributed by atoms with Crippen molar-refractivity contribution in [2.75, 3.05) is 11.9 Å². The zero-order valence-corrected chi connectivity index (χ0v) is 19.0. The van der Waals surface area contributed by atoms with Crippen molar-refractivity contribution in [3.05, 3.63) is 41.4 Å². The van der Waals surface area contributed by atoms with Crippen LogP contribution < -0.4 is 16.1 Å². The molecule has 3 aromatic heterocycles. The van der Waals surface area contributed by atoms with Gasteiger partial charge >= 0.3 is 6.03 Å². The number of anilines is 1. The number of hydrogen-bond donors (Lipinski definition) is 4. The lowest BCUT2D eigenvalue weighted by molar-refractivity contribution is -0.129. The number of nitrogens with zero attached hydrogens (tertiary/aromatic N) is 4. The first-order valence-corrected chi connectivity index (χ1v) is 10.8. The summed E-state index contributed by atoms with van der Waals surface area (Å²) < 4.78 is 7.36. The van der Waals surface area contributed by atoms with Gasteiger partial charge in [0.1, 0.15) is 11.6 Å². The van der Waals surface area contributed by atoms with E-state index in [2.05, 4.69) is 25.7 Å². The molecule has 0 saturated heterocycles. The highest BCUT2D eigenvalue weighted by Gasteiger charge is 2.15. The lowest BCUT2D eigenvalue weighted by Gasteiger charge is -2.10. The predicted molar refractivity (Wildman–Crippen MR) is 121 cm³/mol. The van der Waals surface area contributed by atoms with Gasteiger partial charge in [-0.15, -0.1) is 0 Å². The van der Waals surface area contributed by atoms with Gasteiger partial charge in [0.2, 0.25) is 5.91 Å². The zero-order valence-electron chi connectivity index (χ0n) is 19.0. The van der Waals surface area contributed by atoms with E-state index in [1.807, 2.05) is 32.9 Å². The third kappa shape index (κ3) is 6.88. The van der Waals surface area contributed by atoms with Crippen LogP contribution in [0.1, 0.15) is 49.3 Å². The molecule has 33 heavy (non-hydrogen) atoms. The molecule has 0 bridgehead atoms. The molecule has 0 aliphatic carbocycles. The number of carbonyl (C=O) groups is 2.